The fraction of sp³-hybridized carbons (Fsp3) is 0.889. The number of hydrogen-bond donors (Lipinski definition) is 5. The van der Waals surface area contributed by atoms with Crippen LogP contribution in [0.3, 0.4) is 0 Å². The van der Waals surface area contributed by atoms with E-state index in [1.807, 2.05) is 0 Å². The first-order valence-electron chi connectivity index (χ1n) is 5.06. The average molecular weight is 220 g/mol. The molecule has 0 aliphatic rings. The van der Waals surface area contributed by atoms with Gasteiger partial charge in [0, 0.05) is 6.54 Å². The maximum absolute atomic E-state index is 10.3. The zero-order chi connectivity index (χ0) is 11.7. The molecule has 0 aromatic carbocycles. The van der Waals surface area contributed by atoms with Crippen molar-refractivity contribution in [2.45, 2.75) is 31.4 Å². The molecule has 0 rings (SSSR count). The number of aliphatic hydroxyl groups is 2. The van der Waals surface area contributed by atoms with Crippen molar-refractivity contribution in [2.75, 3.05) is 19.7 Å². The largest absolute Gasteiger partial charge is 0.480 e. The van der Waals surface area contributed by atoms with Crippen LogP contribution < -0.4 is 11.1 Å². The summed E-state index contributed by atoms with van der Waals surface area (Å²) in [5.74, 6) is -0.973. The first-order valence-corrected chi connectivity index (χ1v) is 5.06. The van der Waals surface area contributed by atoms with E-state index >= 15 is 0 Å². The van der Waals surface area contributed by atoms with Gasteiger partial charge in [-0.3, -0.25) is 4.79 Å². The molecule has 0 spiro atoms. The summed E-state index contributed by atoms with van der Waals surface area (Å²) in [7, 11) is 0. The summed E-state index contributed by atoms with van der Waals surface area (Å²) in [5, 5.41) is 28.9. The number of aliphatic carboxylic acids is 1. The molecule has 6 nitrogen and oxygen atoms in total. The van der Waals surface area contributed by atoms with Gasteiger partial charge in [0.1, 0.15) is 6.04 Å². The van der Waals surface area contributed by atoms with Crippen molar-refractivity contribution in [3.63, 3.8) is 0 Å². The molecular weight excluding hydrogens is 200 g/mol. The van der Waals surface area contributed by atoms with E-state index in [0.717, 1.165) is 12.8 Å². The van der Waals surface area contributed by atoms with Gasteiger partial charge < -0.3 is 26.4 Å². The van der Waals surface area contributed by atoms with Gasteiger partial charge in [-0.1, -0.05) is 6.42 Å². The maximum Gasteiger partial charge on any atom is 0.320 e. The van der Waals surface area contributed by atoms with E-state index < -0.39 is 18.1 Å². The third-order valence-corrected chi connectivity index (χ3v) is 2.03. The maximum atomic E-state index is 10.3. The van der Waals surface area contributed by atoms with Crippen LogP contribution in [0, 0.1) is 0 Å². The van der Waals surface area contributed by atoms with Crippen LogP contribution in [0.15, 0.2) is 0 Å². The molecule has 0 radical (unpaired) electrons. The number of rotatable bonds is 9. The number of nitrogens with one attached hydrogen (secondary N) is 1. The van der Waals surface area contributed by atoms with Crippen LogP contribution in [0.1, 0.15) is 19.3 Å². The Kier molecular flexibility index (Phi) is 8.21. The Morgan fingerprint density at radius 2 is 2.07 bits per heavy atom. The first kappa shape index (κ1) is 14.3. The Labute approximate surface area is 89.1 Å². The van der Waals surface area contributed by atoms with Gasteiger partial charge in [0.2, 0.25) is 0 Å². The Hall–Kier alpha value is -0.690. The minimum atomic E-state index is -0.973. The van der Waals surface area contributed by atoms with Gasteiger partial charge >= 0.3 is 5.97 Å². The molecule has 90 valence electrons. The quantitative estimate of drug-likeness (QED) is 0.302. The second-order valence-electron chi connectivity index (χ2n) is 3.48. The smallest absolute Gasteiger partial charge is 0.320 e. The highest BCUT2D eigenvalue weighted by atomic mass is 16.4. The fourth-order valence-corrected chi connectivity index (χ4v) is 1.07. The van der Waals surface area contributed by atoms with Gasteiger partial charge in [-0.15, -0.1) is 0 Å². The minimum absolute atomic E-state index is 0.253. The molecule has 0 saturated heterocycles. The highest BCUT2D eigenvalue weighted by Gasteiger charge is 2.09. The standard InChI is InChI=1S/C9H20N2O4/c10-8(9(14)15)3-1-2-4-11-5-7(13)6-12/h7-8,11-13H,1-6,10H2,(H,14,15)/t7?,8-/m0/s1. The molecule has 0 saturated carbocycles. The number of carboxylic acids is 1. The Bertz CT molecular complexity index is 177. The van der Waals surface area contributed by atoms with Crippen molar-refractivity contribution in [1.82, 2.24) is 5.32 Å². The van der Waals surface area contributed by atoms with Crippen LogP contribution in [-0.2, 0) is 4.79 Å². The normalized spacial score (nSPS) is 14.9. The van der Waals surface area contributed by atoms with E-state index in [1.54, 1.807) is 0 Å². The highest BCUT2D eigenvalue weighted by molar-refractivity contribution is 5.72. The zero-order valence-corrected chi connectivity index (χ0v) is 8.72. The SMILES string of the molecule is N[C@@H](CCCCNCC(O)CO)C(=O)O. The molecule has 15 heavy (non-hydrogen) atoms. The van der Waals surface area contributed by atoms with Crippen LogP contribution >= 0.6 is 0 Å². The van der Waals surface area contributed by atoms with E-state index in [-0.39, 0.29) is 6.61 Å². The molecule has 0 heterocycles. The summed E-state index contributed by atoms with van der Waals surface area (Å²) >= 11 is 0. The van der Waals surface area contributed by atoms with Gasteiger partial charge in [-0.25, -0.2) is 0 Å². The third-order valence-electron chi connectivity index (χ3n) is 2.03. The lowest BCUT2D eigenvalue weighted by molar-refractivity contribution is -0.138. The predicted octanol–water partition coefficient (Wildman–Crippen LogP) is -1.49. The first-order chi connectivity index (χ1) is 7.07. The monoisotopic (exact) mass is 220 g/mol. The van der Waals surface area contributed by atoms with Crippen molar-refractivity contribution in [3.8, 4) is 0 Å². The molecular formula is C9H20N2O4. The number of carbonyl (C=O) groups is 1. The average Bonchev–Trinajstić information content (AvgIpc) is 2.22. The lowest BCUT2D eigenvalue weighted by atomic mass is 10.1. The molecule has 1 unspecified atom stereocenters. The molecule has 0 aliphatic carbocycles. The molecule has 0 fully saturated rings. The second kappa shape index (κ2) is 8.60. The second-order valence-corrected chi connectivity index (χ2v) is 3.48. The summed E-state index contributed by atoms with van der Waals surface area (Å²) < 4.78 is 0. The molecule has 0 aromatic rings. The number of aliphatic hydroxyl groups excluding tert-OH is 2. The van der Waals surface area contributed by atoms with Crippen LogP contribution in [0.2, 0.25) is 0 Å². The Morgan fingerprint density at radius 1 is 1.40 bits per heavy atom. The fourth-order valence-electron chi connectivity index (χ4n) is 1.07. The van der Waals surface area contributed by atoms with E-state index in [2.05, 4.69) is 5.32 Å². The van der Waals surface area contributed by atoms with E-state index in [1.165, 1.54) is 0 Å². The van der Waals surface area contributed by atoms with E-state index in [4.69, 9.17) is 21.1 Å². The molecule has 6 heteroatoms. The number of hydrogen-bond acceptors (Lipinski definition) is 5. The van der Waals surface area contributed by atoms with Crippen molar-refractivity contribution >= 4 is 5.97 Å². The zero-order valence-electron chi connectivity index (χ0n) is 8.72. The Morgan fingerprint density at radius 3 is 2.60 bits per heavy atom. The number of carboxylic acid groups (broad SMARTS) is 1. The predicted molar refractivity (Wildman–Crippen MR) is 55.4 cm³/mol. The number of unbranched alkanes of at least 4 members (excludes halogenated alkanes) is 1. The third kappa shape index (κ3) is 8.31. The van der Waals surface area contributed by atoms with Crippen LogP contribution in [-0.4, -0.2) is 53.1 Å². The van der Waals surface area contributed by atoms with Crippen molar-refractivity contribution in [2.24, 2.45) is 5.73 Å². The highest BCUT2D eigenvalue weighted by Crippen LogP contribution is 1.98. The lowest BCUT2D eigenvalue weighted by Gasteiger charge is -2.09. The molecule has 0 amide bonds. The van der Waals surface area contributed by atoms with Crippen LogP contribution in [0.4, 0.5) is 0 Å². The van der Waals surface area contributed by atoms with Gasteiger partial charge in [-0.2, -0.15) is 0 Å². The molecule has 0 bridgehead atoms. The van der Waals surface area contributed by atoms with Gasteiger partial charge in [0.15, 0.2) is 0 Å². The Balaban J connectivity index is 3.21. The molecule has 6 N–H and O–H groups in total. The number of nitrogens with two attached hydrogens (primary N) is 1. The topological polar surface area (TPSA) is 116 Å². The molecule has 0 aliphatic heterocycles. The van der Waals surface area contributed by atoms with E-state index in [0.29, 0.717) is 19.5 Å². The van der Waals surface area contributed by atoms with Crippen LogP contribution in [0.25, 0.3) is 0 Å². The van der Waals surface area contributed by atoms with Gasteiger partial charge in [0.25, 0.3) is 0 Å². The van der Waals surface area contributed by atoms with Gasteiger partial charge in [0.05, 0.1) is 12.7 Å². The van der Waals surface area contributed by atoms with E-state index in [9.17, 15) is 4.79 Å². The van der Waals surface area contributed by atoms with Crippen molar-refractivity contribution in [3.05, 3.63) is 0 Å². The molecule has 0 aromatic heterocycles. The minimum Gasteiger partial charge on any atom is -0.480 e. The lowest BCUT2D eigenvalue weighted by Crippen LogP contribution is -2.31. The van der Waals surface area contributed by atoms with Gasteiger partial charge in [-0.05, 0) is 19.4 Å². The van der Waals surface area contributed by atoms with Crippen molar-refractivity contribution < 1.29 is 20.1 Å². The summed E-state index contributed by atoms with van der Waals surface area (Å²) in [6.07, 6.45) is 1.26. The van der Waals surface area contributed by atoms with Crippen molar-refractivity contribution in [1.29, 1.82) is 0 Å². The summed E-state index contributed by atoms with van der Waals surface area (Å²) in [6, 6.07) is -0.784. The summed E-state index contributed by atoms with van der Waals surface area (Å²) in [4.78, 5) is 10.3. The van der Waals surface area contributed by atoms with Crippen LogP contribution in [0.5, 0.6) is 0 Å². The molecule has 2 atom stereocenters. The summed E-state index contributed by atoms with van der Waals surface area (Å²) in [5.41, 5.74) is 5.31. The summed E-state index contributed by atoms with van der Waals surface area (Å²) in [6.45, 7) is 0.780.